The van der Waals surface area contributed by atoms with Crippen LogP contribution in [0.15, 0.2) is 29.9 Å². The lowest BCUT2D eigenvalue weighted by atomic mass is 10.3. The highest BCUT2D eigenvalue weighted by Crippen LogP contribution is 2.24. The number of aliphatic hydroxyl groups excluding tert-OH is 1. The minimum absolute atomic E-state index is 0.240. The summed E-state index contributed by atoms with van der Waals surface area (Å²) in [6.07, 6.45) is 4.25. The number of aromatic nitrogens is 2. The van der Waals surface area contributed by atoms with Crippen LogP contribution < -0.4 is 4.90 Å². The van der Waals surface area contributed by atoms with Crippen molar-refractivity contribution < 1.29 is 5.11 Å². The van der Waals surface area contributed by atoms with Crippen molar-refractivity contribution >= 4 is 17.3 Å². The van der Waals surface area contributed by atoms with Crippen LogP contribution in [0.25, 0.3) is 10.4 Å². The number of hydrogen-bond acceptors (Lipinski definition) is 5. The molecule has 1 saturated heterocycles. The first-order valence-corrected chi connectivity index (χ1v) is 6.50. The van der Waals surface area contributed by atoms with E-state index >= 15 is 0 Å². The Morgan fingerprint density at radius 1 is 1.35 bits per heavy atom. The smallest absolute Gasteiger partial charge is 0.225 e. The molecule has 5 heteroatoms. The first-order chi connectivity index (χ1) is 8.33. The van der Waals surface area contributed by atoms with E-state index in [-0.39, 0.29) is 6.10 Å². The molecular formula is C12H13N3OS. The maximum Gasteiger partial charge on any atom is 0.225 e. The minimum Gasteiger partial charge on any atom is -0.391 e. The van der Waals surface area contributed by atoms with E-state index in [0.29, 0.717) is 12.5 Å². The number of anilines is 1. The normalized spacial score (nSPS) is 19.8. The lowest BCUT2D eigenvalue weighted by Gasteiger charge is -2.14. The van der Waals surface area contributed by atoms with Crippen LogP contribution in [0.5, 0.6) is 0 Å². The highest BCUT2D eigenvalue weighted by molar-refractivity contribution is 7.13. The Morgan fingerprint density at radius 3 is 2.76 bits per heavy atom. The van der Waals surface area contributed by atoms with Crippen LogP contribution in [0.3, 0.4) is 0 Å². The fourth-order valence-corrected chi connectivity index (χ4v) is 2.68. The van der Waals surface area contributed by atoms with Gasteiger partial charge in [-0.2, -0.15) is 0 Å². The summed E-state index contributed by atoms with van der Waals surface area (Å²) in [5.41, 5.74) is 1.04. The Balaban J connectivity index is 1.81. The zero-order valence-corrected chi connectivity index (χ0v) is 10.1. The molecule has 2 aromatic rings. The SMILES string of the molecule is OC1CCN(c2ncc(-c3cccs3)cn2)C1. The van der Waals surface area contributed by atoms with Crippen LogP contribution in [-0.2, 0) is 0 Å². The molecule has 0 aromatic carbocycles. The van der Waals surface area contributed by atoms with Gasteiger partial charge in [0.15, 0.2) is 0 Å². The van der Waals surface area contributed by atoms with Crippen LogP contribution in [0.4, 0.5) is 5.95 Å². The summed E-state index contributed by atoms with van der Waals surface area (Å²) < 4.78 is 0. The average Bonchev–Trinajstić information content (AvgIpc) is 3.00. The van der Waals surface area contributed by atoms with Crippen molar-refractivity contribution in [3.63, 3.8) is 0 Å². The maximum atomic E-state index is 9.47. The molecule has 1 fully saturated rings. The fourth-order valence-electron chi connectivity index (χ4n) is 1.98. The fraction of sp³-hybridized carbons (Fsp3) is 0.333. The van der Waals surface area contributed by atoms with Gasteiger partial charge < -0.3 is 10.0 Å². The Labute approximate surface area is 104 Å². The van der Waals surface area contributed by atoms with Gasteiger partial charge in [-0.25, -0.2) is 9.97 Å². The third kappa shape index (κ3) is 2.16. The summed E-state index contributed by atoms with van der Waals surface area (Å²) in [6, 6.07) is 4.08. The molecule has 0 saturated carbocycles. The summed E-state index contributed by atoms with van der Waals surface area (Å²) in [6.45, 7) is 1.47. The summed E-state index contributed by atoms with van der Waals surface area (Å²) in [4.78, 5) is 11.9. The van der Waals surface area contributed by atoms with E-state index in [1.807, 2.05) is 28.7 Å². The molecule has 17 heavy (non-hydrogen) atoms. The van der Waals surface area contributed by atoms with Crippen LogP contribution in [0.1, 0.15) is 6.42 Å². The molecule has 3 heterocycles. The number of aliphatic hydroxyl groups is 1. The third-order valence-corrected chi connectivity index (χ3v) is 3.81. The zero-order valence-electron chi connectivity index (χ0n) is 9.28. The molecule has 4 nitrogen and oxygen atoms in total. The van der Waals surface area contributed by atoms with Crippen molar-refractivity contribution in [2.75, 3.05) is 18.0 Å². The number of β-amino-alcohol motifs (C(OH)–C–C–N with tert-alkyl or cyclic N) is 1. The lowest BCUT2D eigenvalue weighted by Crippen LogP contribution is -2.23. The van der Waals surface area contributed by atoms with Gasteiger partial charge in [-0.15, -0.1) is 11.3 Å². The van der Waals surface area contributed by atoms with Crippen LogP contribution in [0, 0.1) is 0 Å². The number of rotatable bonds is 2. The van der Waals surface area contributed by atoms with Crippen LogP contribution in [0.2, 0.25) is 0 Å². The predicted octanol–water partition coefficient (Wildman–Crippen LogP) is 1.78. The molecule has 0 spiro atoms. The Morgan fingerprint density at radius 2 is 2.18 bits per heavy atom. The van der Waals surface area contributed by atoms with Gasteiger partial charge >= 0.3 is 0 Å². The number of nitrogens with zero attached hydrogens (tertiary/aromatic N) is 3. The van der Waals surface area contributed by atoms with E-state index < -0.39 is 0 Å². The van der Waals surface area contributed by atoms with Gasteiger partial charge in [0.1, 0.15) is 0 Å². The van der Waals surface area contributed by atoms with Crippen molar-refractivity contribution in [1.29, 1.82) is 0 Å². The molecule has 2 aromatic heterocycles. The molecule has 1 aliphatic rings. The Bertz CT molecular complexity index is 483. The van der Waals surface area contributed by atoms with Gasteiger partial charge in [0.2, 0.25) is 5.95 Å². The molecule has 0 aliphatic carbocycles. The van der Waals surface area contributed by atoms with E-state index in [1.165, 1.54) is 4.88 Å². The van der Waals surface area contributed by atoms with Crippen LogP contribution in [-0.4, -0.2) is 34.3 Å². The summed E-state index contributed by atoms with van der Waals surface area (Å²) in [5.74, 6) is 0.710. The molecule has 1 atom stereocenters. The van der Waals surface area contributed by atoms with Crippen molar-refractivity contribution in [1.82, 2.24) is 9.97 Å². The van der Waals surface area contributed by atoms with Crippen molar-refractivity contribution in [2.45, 2.75) is 12.5 Å². The second kappa shape index (κ2) is 4.43. The monoisotopic (exact) mass is 247 g/mol. The molecule has 1 aliphatic heterocycles. The Kier molecular flexibility index (Phi) is 2.78. The highest BCUT2D eigenvalue weighted by Gasteiger charge is 2.22. The van der Waals surface area contributed by atoms with Crippen LogP contribution >= 0.6 is 11.3 Å². The molecule has 3 rings (SSSR count). The maximum absolute atomic E-state index is 9.47. The van der Waals surface area contributed by atoms with Gasteiger partial charge in [-0.3, -0.25) is 0 Å². The standard InChI is InChI=1S/C12H13N3OS/c16-10-3-4-15(8-10)12-13-6-9(7-14-12)11-2-1-5-17-11/h1-2,5-7,10,16H,3-4,8H2. The molecule has 0 radical (unpaired) electrons. The summed E-state index contributed by atoms with van der Waals surface area (Å²) in [7, 11) is 0. The van der Waals surface area contributed by atoms with E-state index in [1.54, 1.807) is 11.3 Å². The molecule has 0 amide bonds. The molecule has 88 valence electrons. The van der Waals surface area contributed by atoms with Gasteiger partial charge in [0.25, 0.3) is 0 Å². The zero-order chi connectivity index (χ0) is 11.7. The number of hydrogen-bond donors (Lipinski definition) is 1. The molecule has 1 N–H and O–H groups in total. The van der Waals surface area contributed by atoms with Crippen molar-refractivity contribution in [3.8, 4) is 10.4 Å². The van der Waals surface area contributed by atoms with Gasteiger partial charge in [0.05, 0.1) is 6.10 Å². The topological polar surface area (TPSA) is 49.2 Å². The first kappa shape index (κ1) is 10.7. The highest BCUT2D eigenvalue weighted by atomic mass is 32.1. The number of thiophene rings is 1. The molecule has 0 bridgehead atoms. The molecular weight excluding hydrogens is 234 g/mol. The second-order valence-corrected chi connectivity index (χ2v) is 5.09. The van der Waals surface area contributed by atoms with Gasteiger partial charge in [-0.1, -0.05) is 6.07 Å². The predicted molar refractivity (Wildman–Crippen MR) is 68.2 cm³/mol. The quantitative estimate of drug-likeness (QED) is 0.878. The van der Waals surface area contributed by atoms with Crippen molar-refractivity contribution in [3.05, 3.63) is 29.9 Å². The van der Waals surface area contributed by atoms with E-state index in [4.69, 9.17) is 0 Å². The van der Waals surface area contributed by atoms with Gasteiger partial charge in [-0.05, 0) is 17.9 Å². The summed E-state index contributed by atoms with van der Waals surface area (Å²) in [5, 5.41) is 11.5. The third-order valence-electron chi connectivity index (χ3n) is 2.89. The Hall–Kier alpha value is -1.46. The van der Waals surface area contributed by atoms with Gasteiger partial charge in [0, 0.05) is 35.9 Å². The van der Waals surface area contributed by atoms with E-state index in [0.717, 1.165) is 18.5 Å². The average molecular weight is 247 g/mol. The minimum atomic E-state index is -0.240. The second-order valence-electron chi connectivity index (χ2n) is 4.14. The lowest BCUT2D eigenvalue weighted by molar-refractivity contribution is 0.198. The van der Waals surface area contributed by atoms with E-state index in [9.17, 15) is 5.11 Å². The van der Waals surface area contributed by atoms with E-state index in [2.05, 4.69) is 16.0 Å². The molecule has 1 unspecified atom stereocenters. The summed E-state index contributed by atoms with van der Waals surface area (Å²) >= 11 is 1.68. The largest absolute Gasteiger partial charge is 0.391 e. The van der Waals surface area contributed by atoms with Crippen molar-refractivity contribution in [2.24, 2.45) is 0 Å². The first-order valence-electron chi connectivity index (χ1n) is 5.62.